The van der Waals surface area contributed by atoms with Gasteiger partial charge in [-0.15, -0.1) is 0 Å². The van der Waals surface area contributed by atoms with Crippen molar-refractivity contribution in [1.29, 1.82) is 5.26 Å². The van der Waals surface area contributed by atoms with E-state index in [1.807, 2.05) is 6.92 Å². The Morgan fingerprint density at radius 3 is 2.12 bits per heavy atom. The Labute approximate surface area is 104 Å². The van der Waals surface area contributed by atoms with Gasteiger partial charge in [0.1, 0.15) is 11.8 Å². The van der Waals surface area contributed by atoms with Crippen molar-refractivity contribution < 1.29 is 0 Å². The first-order valence-corrected chi connectivity index (χ1v) is 6.07. The molecule has 0 aromatic heterocycles. The normalized spacial score (nSPS) is 11.7. The van der Waals surface area contributed by atoms with E-state index >= 15 is 0 Å². The first-order valence-electron chi connectivity index (χ1n) is 6.07. The van der Waals surface area contributed by atoms with E-state index in [1.54, 1.807) is 0 Å². The lowest BCUT2D eigenvalue weighted by atomic mass is 10.0. The molecule has 1 rings (SSSR count). The first-order chi connectivity index (χ1) is 8.13. The summed E-state index contributed by atoms with van der Waals surface area (Å²) < 4.78 is 0. The molecule has 0 saturated heterocycles. The van der Waals surface area contributed by atoms with Crippen molar-refractivity contribution in [1.82, 2.24) is 4.90 Å². The zero-order valence-corrected chi connectivity index (χ0v) is 11.1. The summed E-state index contributed by atoms with van der Waals surface area (Å²) in [5, 5.41) is 9.30. The molecule has 0 aliphatic carbocycles. The van der Waals surface area contributed by atoms with Gasteiger partial charge in [0.25, 0.3) is 0 Å². The molecule has 0 bridgehead atoms. The van der Waals surface area contributed by atoms with Gasteiger partial charge in [-0.05, 0) is 38.8 Å². The van der Waals surface area contributed by atoms with Crippen LogP contribution in [0.1, 0.15) is 31.9 Å². The van der Waals surface area contributed by atoms with E-state index in [4.69, 9.17) is 0 Å². The molecule has 0 unspecified atom stereocenters. The van der Waals surface area contributed by atoms with Crippen molar-refractivity contribution in [2.45, 2.75) is 27.7 Å². The molecule has 1 aromatic rings. The van der Waals surface area contributed by atoms with Gasteiger partial charge in [-0.3, -0.25) is 0 Å². The number of aryl methyl sites for hydroxylation is 1. The number of nitrogens with zero attached hydrogens (tertiary/aromatic N) is 2. The average molecular weight is 228 g/mol. The van der Waals surface area contributed by atoms with Crippen LogP contribution in [0.4, 0.5) is 0 Å². The van der Waals surface area contributed by atoms with Crippen LogP contribution in [0, 0.1) is 18.3 Å². The molecule has 0 aliphatic rings. The topological polar surface area (TPSA) is 27.0 Å². The molecule has 0 radical (unpaired) electrons. The monoisotopic (exact) mass is 228 g/mol. The third-order valence-corrected chi connectivity index (χ3v) is 3.03. The van der Waals surface area contributed by atoms with Crippen molar-refractivity contribution in [3.8, 4) is 6.07 Å². The summed E-state index contributed by atoms with van der Waals surface area (Å²) in [5.41, 5.74) is 4.19. The van der Waals surface area contributed by atoms with Crippen molar-refractivity contribution in [3.05, 3.63) is 41.1 Å². The Balaban J connectivity index is 3.17. The zero-order chi connectivity index (χ0) is 12.8. The number of rotatable bonds is 4. The molecule has 0 fully saturated rings. The lowest BCUT2D eigenvalue weighted by Gasteiger charge is -2.21. The van der Waals surface area contributed by atoms with Gasteiger partial charge in [-0.2, -0.15) is 5.26 Å². The van der Waals surface area contributed by atoms with Crippen LogP contribution >= 0.6 is 0 Å². The van der Waals surface area contributed by atoms with Gasteiger partial charge in [0.15, 0.2) is 0 Å². The van der Waals surface area contributed by atoms with E-state index in [9.17, 15) is 5.26 Å². The van der Waals surface area contributed by atoms with E-state index in [0.29, 0.717) is 0 Å². The van der Waals surface area contributed by atoms with Crippen LogP contribution in [-0.2, 0) is 0 Å². The minimum atomic E-state index is 0.777. The highest BCUT2D eigenvalue weighted by Gasteiger charge is 2.10. The second-order valence-corrected chi connectivity index (χ2v) is 4.12. The van der Waals surface area contributed by atoms with Crippen LogP contribution in [0.3, 0.4) is 0 Å². The van der Waals surface area contributed by atoms with Gasteiger partial charge >= 0.3 is 0 Å². The standard InChI is InChI=1S/C15H20N2/c1-5-17(6-2)15(11-16)13(4)14-9-7-12(3)8-10-14/h7-10H,5-6H2,1-4H3/b15-13-. The first kappa shape index (κ1) is 13.3. The smallest absolute Gasteiger partial charge is 0.119 e. The Bertz CT molecular complexity index is 431. The second-order valence-electron chi connectivity index (χ2n) is 4.12. The molecule has 2 nitrogen and oxygen atoms in total. The summed E-state index contributed by atoms with van der Waals surface area (Å²) in [7, 11) is 0. The molecule has 0 spiro atoms. The van der Waals surface area contributed by atoms with Gasteiger partial charge in [0.2, 0.25) is 0 Å². The minimum Gasteiger partial charge on any atom is -0.363 e. The number of nitriles is 1. The number of hydrogen-bond acceptors (Lipinski definition) is 2. The highest BCUT2D eigenvalue weighted by Crippen LogP contribution is 2.20. The van der Waals surface area contributed by atoms with Gasteiger partial charge in [-0.25, -0.2) is 0 Å². The van der Waals surface area contributed by atoms with E-state index in [0.717, 1.165) is 29.9 Å². The maximum Gasteiger partial charge on any atom is 0.119 e. The predicted molar refractivity (Wildman–Crippen MR) is 72.3 cm³/mol. The molecule has 17 heavy (non-hydrogen) atoms. The SMILES string of the molecule is CCN(CC)/C(C#N)=C(/C)c1ccc(C)cc1. The fourth-order valence-corrected chi connectivity index (χ4v) is 1.87. The molecule has 1 aromatic carbocycles. The molecule has 0 N–H and O–H groups in total. The molecular weight excluding hydrogens is 208 g/mol. The molecule has 2 heteroatoms. The maximum atomic E-state index is 9.30. The largest absolute Gasteiger partial charge is 0.363 e. The van der Waals surface area contributed by atoms with Crippen LogP contribution in [-0.4, -0.2) is 18.0 Å². The van der Waals surface area contributed by atoms with E-state index < -0.39 is 0 Å². The summed E-state index contributed by atoms with van der Waals surface area (Å²) >= 11 is 0. The Hall–Kier alpha value is -1.75. The van der Waals surface area contributed by atoms with Crippen LogP contribution in [0.15, 0.2) is 30.0 Å². The predicted octanol–water partition coefficient (Wildman–Crippen LogP) is 3.59. The van der Waals surface area contributed by atoms with Gasteiger partial charge < -0.3 is 4.90 Å². The van der Waals surface area contributed by atoms with Crippen LogP contribution in [0.25, 0.3) is 5.57 Å². The molecule has 90 valence electrons. The Kier molecular flexibility index (Phi) is 4.78. The van der Waals surface area contributed by atoms with E-state index in [2.05, 4.69) is 56.0 Å². The third-order valence-electron chi connectivity index (χ3n) is 3.03. The van der Waals surface area contributed by atoms with Crippen LogP contribution in [0.5, 0.6) is 0 Å². The molecule has 0 saturated carbocycles. The number of benzene rings is 1. The lowest BCUT2D eigenvalue weighted by Crippen LogP contribution is -2.22. The molecule has 0 aliphatic heterocycles. The van der Waals surface area contributed by atoms with E-state index in [1.165, 1.54) is 5.56 Å². The van der Waals surface area contributed by atoms with Gasteiger partial charge in [0, 0.05) is 13.1 Å². The highest BCUT2D eigenvalue weighted by molar-refractivity contribution is 5.69. The maximum absolute atomic E-state index is 9.30. The van der Waals surface area contributed by atoms with Crippen molar-refractivity contribution in [2.75, 3.05) is 13.1 Å². The van der Waals surface area contributed by atoms with E-state index in [-0.39, 0.29) is 0 Å². The second kappa shape index (κ2) is 6.10. The average Bonchev–Trinajstić information content (AvgIpc) is 2.36. The summed E-state index contributed by atoms with van der Waals surface area (Å²) in [6.45, 7) is 9.96. The highest BCUT2D eigenvalue weighted by atomic mass is 15.1. The van der Waals surface area contributed by atoms with Crippen LogP contribution in [0.2, 0.25) is 0 Å². The van der Waals surface area contributed by atoms with Crippen molar-refractivity contribution in [3.63, 3.8) is 0 Å². The molecule has 0 heterocycles. The quantitative estimate of drug-likeness (QED) is 0.736. The zero-order valence-electron chi connectivity index (χ0n) is 11.1. The summed E-state index contributed by atoms with van der Waals surface area (Å²) in [6, 6.07) is 10.6. The lowest BCUT2D eigenvalue weighted by molar-refractivity contribution is 0.398. The Morgan fingerprint density at radius 1 is 1.18 bits per heavy atom. The third kappa shape index (κ3) is 3.10. The van der Waals surface area contributed by atoms with Gasteiger partial charge in [0.05, 0.1) is 0 Å². The molecular formula is C15H20N2. The fourth-order valence-electron chi connectivity index (χ4n) is 1.87. The van der Waals surface area contributed by atoms with Gasteiger partial charge in [-0.1, -0.05) is 29.8 Å². The Morgan fingerprint density at radius 2 is 1.71 bits per heavy atom. The fraction of sp³-hybridized carbons (Fsp3) is 0.400. The van der Waals surface area contributed by atoms with Crippen LogP contribution < -0.4 is 0 Å². The van der Waals surface area contributed by atoms with Crippen molar-refractivity contribution >= 4 is 5.57 Å². The molecule has 0 amide bonds. The molecule has 0 atom stereocenters. The minimum absolute atomic E-state index is 0.777. The summed E-state index contributed by atoms with van der Waals surface area (Å²) in [6.07, 6.45) is 0. The summed E-state index contributed by atoms with van der Waals surface area (Å²) in [5.74, 6) is 0. The number of hydrogen-bond donors (Lipinski definition) is 0. The van der Waals surface area contributed by atoms with Crippen molar-refractivity contribution in [2.24, 2.45) is 0 Å². The number of allylic oxidation sites excluding steroid dienone is 2. The summed E-state index contributed by atoms with van der Waals surface area (Å²) in [4.78, 5) is 2.09.